The molecule has 0 unspecified atom stereocenters. The number of aliphatic hydroxyl groups is 1. The second-order valence-electron chi connectivity index (χ2n) is 4.92. The maximum absolute atomic E-state index is 11.2. The molecule has 0 radical (unpaired) electrons. The first kappa shape index (κ1) is 13.2. The summed E-state index contributed by atoms with van der Waals surface area (Å²) < 4.78 is 22.5. The highest BCUT2D eigenvalue weighted by atomic mass is 32.2. The van der Waals surface area contributed by atoms with Crippen LogP contribution in [0.5, 0.6) is 0 Å². The maximum Gasteiger partial charge on any atom is 0.175 e. The predicted molar refractivity (Wildman–Crippen MR) is 64.1 cm³/mol. The number of sulfone groups is 1. The average Bonchev–Trinajstić information content (AvgIpc) is 2.16. The first-order valence-electron chi connectivity index (χ1n) is 5.14. The minimum absolute atomic E-state index is 0.112. The summed E-state index contributed by atoms with van der Waals surface area (Å²) in [6.07, 6.45) is 1.92. The second-order valence-corrected chi connectivity index (χ2v) is 6.93. The molecule has 0 bridgehead atoms. The minimum Gasteiger partial charge on any atom is -0.396 e. The molecule has 1 aromatic carbocycles. The Bertz CT molecular complexity index is 444. The van der Waals surface area contributed by atoms with Gasteiger partial charge in [0.1, 0.15) is 0 Å². The normalized spacial score (nSPS) is 12.8. The van der Waals surface area contributed by atoms with Gasteiger partial charge in [0.2, 0.25) is 0 Å². The highest BCUT2D eigenvalue weighted by Crippen LogP contribution is 2.21. The minimum atomic E-state index is -3.12. The predicted octanol–water partition coefficient (Wildman–Crippen LogP) is 1.65. The van der Waals surface area contributed by atoms with Gasteiger partial charge in [-0.2, -0.15) is 0 Å². The lowest BCUT2D eigenvalue weighted by Gasteiger charge is -2.21. The SMILES string of the molecule is CC(C)(CO)Cc1ccc(S(C)(=O)=O)cc1. The molecule has 0 spiro atoms. The zero-order chi connectivity index (χ0) is 12.4. The molecule has 0 aliphatic rings. The Kier molecular flexibility index (Phi) is 3.76. The van der Waals surface area contributed by atoms with Crippen molar-refractivity contribution in [3.05, 3.63) is 29.8 Å². The fourth-order valence-corrected chi connectivity index (χ4v) is 2.09. The van der Waals surface area contributed by atoms with Gasteiger partial charge in [-0.3, -0.25) is 0 Å². The molecule has 1 rings (SSSR count). The van der Waals surface area contributed by atoms with Gasteiger partial charge >= 0.3 is 0 Å². The molecular weight excluding hydrogens is 224 g/mol. The van der Waals surface area contributed by atoms with Crippen LogP contribution in [0.15, 0.2) is 29.2 Å². The number of aliphatic hydroxyl groups excluding tert-OH is 1. The van der Waals surface area contributed by atoms with Crippen LogP contribution in [0.4, 0.5) is 0 Å². The Hall–Kier alpha value is -0.870. The van der Waals surface area contributed by atoms with Crippen LogP contribution < -0.4 is 0 Å². The molecule has 0 aliphatic heterocycles. The second kappa shape index (κ2) is 4.55. The monoisotopic (exact) mass is 242 g/mol. The summed E-state index contributed by atoms with van der Waals surface area (Å²) in [6, 6.07) is 6.82. The molecule has 90 valence electrons. The molecule has 0 aliphatic carbocycles. The molecule has 3 nitrogen and oxygen atoms in total. The van der Waals surface area contributed by atoms with E-state index in [0.29, 0.717) is 4.90 Å². The fraction of sp³-hybridized carbons (Fsp3) is 0.500. The van der Waals surface area contributed by atoms with Crippen LogP contribution in [0.2, 0.25) is 0 Å². The maximum atomic E-state index is 11.2. The van der Waals surface area contributed by atoms with Crippen LogP contribution >= 0.6 is 0 Å². The van der Waals surface area contributed by atoms with Crippen LogP contribution in [-0.2, 0) is 16.3 Å². The van der Waals surface area contributed by atoms with Gasteiger partial charge in [-0.05, 0) is 29.5 Å². The molecule has 0 saturated heterocycles. The van der Waals surface area contributed by atoms with E-state index < -0.39 is 9.84 Å². The number of benzene rings is 1. The van der Waals surface area contributed by atoms with Crippen molar-refractivity contribution in [1.82, 2.24) is 0 Å². The van der Waals surface area contributed by atoms with Crippen molar-refractivity contribution in [3.63, 3.8) is 0 Å². The van der Waals surface area contributed by atoms with Gasteiger partial charge < -0.3 is 5.11 Å². The van der Waals surface area contributed by atoms with Gasteiger partial charge in [0.25, 0.3) is 0 Å². The largest absolute Gasteiger partial charge is 0.396 e. The van der Waals surface area contributed by atoms with E-state index in [9.17, 15) is 8.42 Å². The van der Waals surface area contributed by atoms with Crippen molar-refractivity contribution in [2.24, 2.45) is 5.41 Å². The van der Waals surface area contributed by atoms with Crippen LogP contribution in [0.25, 0.3) is 0 Å². The number of hydrogen-bond acceptors (Lipinski definition) is 3. The van der Waals surface area contributed by atoms with Crippen molar-refractivity contribution in [2.75, 3.05) is 12.9 Å². The average molecular weight is 242 g/mol. The summed E-state index contributed by atoms with van der Waals surface area (Å²) in [5, 5.41) is 9.14. The Morgan fingerprint density at radius 3 is 2.06 bits per heavy atom. The Morgan fingerprint density at radius 2 is 1.69 bits per heavy atom. The first-order valence-corrected chi connectivity index (χ1v) is 7.04. The van der Waals surface area contributed by atoms with Crippen LogP contribution in [-0.4, -0.2) is 26.4 Å². The third-order valence-electron chi connectivity index (χ3n) is 2.46. The zero-order valence-electron chi connectivity index (χ0n) is 9.90. The standard InChI is InChI=1S/C12H18O3S/c1-12(2,9-13)8-10-4-6-11(7-5-10)16(3,14)15/h4-7,13H,8-9H2,1-3H3. The summed E-state index contributed by atoms with van der Waals surface area (Å²) in [6.45, 7) is 4.05. The summed E-state index contributed by atoms with van der Waals surface area (Å²) in [4.78, 5) is 0.332. The van der Waals surface area contributed by atoms with E-state index in [-0.39, 0.29) is 12.0 Å². The first-order chi connectivity index (χ1) is 7.24. The van der Waals surface area contributed by atoms with Crippen molar-refractivity contribution >= 4 is 9.84 Å². The van der Waals surface area contributed by atoms with Gasteiger partial charge in [-0.1, -0.05) is 26.0 Å². The summed E-state index contributed by atoms with van der Waals surface area (Å²) >= 11 is 0. The van der Waals surface area contributed by atoms with Crippen molar-refractivity contribution in [3.8, 4) is 0 Å². The molecule has 0 atom stereocenters. The summed E-state index contributed by atoms with van der Waals surface area (Å²) in [5.41, 5.74) is 0.860. The molecule has 0 aromatic heterocycles. The Morgan fingerprint density at radius 1 is 1.19 bits per heavy atom. The summed E-state index contributed by atoms with van der Waals surface area (Å²) in [5.74, 6) is 0. The smallest absolute Gasteiger partial charge is 0.175 e. The molecule has 0 amide bonds. The van der Waals surface area contributed by atoms with Crippen LogP contribution in [0, 0.1) is 5.41 Å². The van der Waals surface area contributed by atoms with E-state index in [4.69, 9.17) is 5.11 Å². The van der Waals surface area contributed by atoms with Gasteiger partial charge in [0, 0.05) is 12.9 Å². The van der Waals surface area contributed by atoms with E-state index in [1.54, 1.807) is 24.3 Å². The van der Waals surface area contributed by atoms with Gasteiger partial charge in [-0.25, -0.2) is 8.42 Å². The molecule has 1 N–H and O–H groups in total. The number of rotatable bonds is 4. The molecule has 16 heavy (non-hydrogen) atoms. The van der Waals surface area contributed by atoms with Crippen molar-refractivity contribution in [2.45, 2.75) is 25.2 Å². The molecule has 1 aromatic rings. The third kappa shape index (κ3) is 3.61. The van der Waals surface area contributed by atoms with E-state index in [1.807, 2.05) is 13.8 Å². The Labute approximate surface area is 97.0 Å². The molecular formula is C12H18O3S. The lowest BCUT2D eigenvalue weighted by Crippen LogP contribution is -2.19. The molecule has 0 fully saturated rings. The van der Waals surface area contributed by atoms with Crippen molar-refractivity contribution in [1.29, 1.82) is 0 Å². The van der Waals surface area contributed by atoms with E-state index in [0.717, 1.165) is 12.0 Å². The van der Waals surface area contributed by atoms with Gasteiger partial charge in [0.05, 0.1) is 4.90 Å². The topological polar surface area (TPSA) is 54.4 Å². The van der Waals surface area contributed by atoms with E-state index in [2.05, 4.69) is 0 Å². The Balaban J connectivity index is 2.89. The van der Waals surface area contributed by atoms with Crippen LogP contribution in [0.3, 0.4) is 0 Å². The van der Waals surface area contributed by atoms with Crippen LogP contribution in [0.1, 0.15) is 19.4 Å². The molecule has 0 heterocycles. The molecule has 4 heteroatoms. The number of hydrogen-bond donors (Lipinski definition) is 1. The quantitative estimate of drug-likeness (QED) is 0.873. The van der Waals surface area contributed by atoms with Crippen molar-refractivity contribution < 1.29 is 13.5 Å². The van der Waals surface area contributed by atoms with E-state index >= 15 is 0 Å². The zero-order valence-corrected chi connectivity index (χ0v) is 10.7. The third-order valence-corrected chi connectivity index (χ3v) is 3.59. The lowest BCUT2D eigenvalue weighted by molar-refractivity contribution is 0.159. The fourth-order valence-electron chi connectivity index (χ4n) is 1.46. The highest BCUT2D eigenvalue weighted by molar-refractivity contribution is 7.90. The lowest BCUT2D eigenvalue weighted by atomic mass is 9.87. The van der Waals surface area contributed by atoms with E-state index in [1.165, 1.54) is 6.26 Å². The van der Waals surface area contributed by atoms with Gasteiger partial charge in [-0.15, -0.1) is 0 Å². The summed E-state index contributed by atoms with van der Waals surface area (Å²) in [7, 11) is -3.12. The molecule has 0 saturated carbocycles. The highest BCUT2D eigenvalue weighted by Gasteiger charge is 2.17. The van der Waals surface area contributed by atoms with Gasteiger partial charge in [0.15, 0.2) is 9.84 Å².